The van der Waals surface area contributed by atoms with E-state index in [9.17, 15) is 22.6 Å². The first-order valence-electron chi connectivity index (χ1n) is 14.6. The summed E-state index contributed by atoms with van der Waals surface area (Å²) in [5.74, 6) is -2.01. The van der Waals surface area contributed by atoms with Gasteiger partial charge < -0.3 is 14.0 Å². The molecule has 7 nitrogen and oxygen atoms in total. The number of rotatable bonds is 26. The van der Waals surface area contributed by atoms with Crippen molar-refractivity contribution in [3.63, 3.8) is 0 Å². The maximum absolute atomic E-state index is 12.1. The normalized spacial score (nSPS) is 12.1. The Kier molecular flexibility index (Phi) is 28.9. The molecule has 0 heterocycles. The Balaban J connectivity index is 0. The zero-order chi connectivity index (χ0) is 26.9. The first-order valence-corrected chi connectivity index (χ1v) is 16.1. The molecule has 0 aromatic rings. The van der Waals surface area contributed by atoms with Crippen LogP contribution >= 0.6 is 0 Å². The van der Waals surface area contributed by atoms with E-state index in [0.29, 0.717) is 12.8 Å². The molecule has 0 spiro atoms. The molecule has 0 radical (unpaired) electrons. The number of hydrogen-bond acceptors (Lipinski definition) is 7. The molecule has 0 N–H and O–H groups in total. The van der Waals surface area contributed by atoms with Crippen LogP contribution in [0.25, 0.3) is 0 Å². The van der Waals surface area contributed by atoms with Crippen LogP contribution in [-0.2, 0) is 29.2 Å². The topological polar surface area (TPSA) is 110 Å². The summed E-state index contributed by atoms with van der Waals surface area (Å²) < 4.78 is 44.6. The van der Waals surface area contributed by atoms with E-state index in [1.807, 2.05) is 0 Å². The average molecular weight is 557 g/mol. The van der Waals surface area contributed by atoms with Gasteiger partial charge in [0.1, 0.15) is 10.1 Å². The van der Waals surface area contributed by atoms with Gasteiger partial charge in [0.25, 0.3) is 0 Å². The fourth-order valence-electron chi connectivity index (χ4n) is 4.14. The first kappa shape index (κ1) is 39.0. The van der Waals surface area contributed by atoms with Crippen molar-refractivity contribution in [2.75, 3.05) is 13.2 Å². The average Bonchev–Trinajstić information content (AvgIpc) is 2.83. The second kappa shape index (κ2) is 27.4. The quantitative estimate of drug-likeness (QED) is 0.0679. The fourth-order valence-corrected chi connectivity index (χ4v) is 4.79. The molecule has 0 saturated heterocycles. The number of unbranched alkanes of at least 4 members (excludes halogenated alkanes) is 18. The summed E-state index contributed by atoms with van der Waals surface area (Å²) in [5.41, 5.74) is 0. The molecule has 1 atom stereocenters. The van der Waals surface area contributed by atoms with Crippen LogP contribution in [0.2, 0.25) is 0 Å². The molecular formula is C28H53NaO7S. The molecule has 0 rings (SSSR count). The smallest absolute Gasteiger partial charge is 0.747 e. The third kappa shape index (κ3) is 25.9. The van der Waals surface area contributed by atoms with Crippen molar-refractivity contribution < 1.29 is 61.6 Å². The molecule has 0 saturated carbocycles. The van der Waals surface area contributed by atoms with Gasteiger partial charge in [-0.05, 0) is 12.8 Å². The Labute approximate surface area is 249 Å². The molecule has 0 bridgehead atoms. The predicted octanol–water partition coefficient (Wildman–Crippen LogP) is 4.22. The van der Waals surface area contributed by atoms with Crippen LogP contribution < -0.4 is 29.6 Å². The van der Waals surface area contributed by atoms with Gasteiger partial charge in [0, 0.05) is 0 Å². The van der Waals surface area contributed by atoms with Gasteiger partial charge in [-0.1, -0.05) is 129 Å². The van der Waals surface area contributed by atoms with Crippen LogP contribution in [0.15, 0.2) is 0 Å². The molecule has 214 valence electrons. The standard InChI is InChI=1S/C28H54O7S.Na/c1-3-5-7-9-11-13-15-17-19-21-23-34-27(29)25-26(36(31,32)33)28(30)35-24-22-20-18-16-14-12-10-8-6-4-2;/h26H,3-25H2,1-2H3,(H,31,32,33);/q;+1/p-1. The fraction of sp³-hybridized carbons (Fsp3) is 0.929. The van der Waals surface area contributed by atoms with Gasteiger partial charge in [-0.3, -0.25) is 9.59 Å². The van der Waals surface area contributed by atoms with Crippen LogP contribution in [0.1, 0.15) is 149 Å². The van der Waals surface area contributed by atoms with E-state index >= 15 is 0 Å². The van der Waals surface area contributed by atoms with Crippen molar-refractivity contribution in [3.8, 4) is 0 Å². The maximum atomic E-state index is 12.1. The van der Waals surface area contributed by atoms with Crippen molar-refractivity contribution >= 4 is 22.1 Å². The Hall–Kier alpha value is -0.150. The van der Waals surface area contributed by atoms with Crippen LogP contribution in [0.4, 0.5) is 0 Å². The molecule has 0 amide bonds. The minimum atomic E-state index is -5.00. The Bertz CT molecular complexity index is 640. The van der Waals surface area contributed by atoms with E-state index in [4.69, 9.17) is 9.47 Å². The Morgan fingerprint density at radius 2 is 0.919 bits per heavy atom. The van der Waals surface area contributed by atoms with Crippen LogP contribution in [0.5, 0.6) is 0 Å². The van der Waals surface area contributed by atoms with Crippen molar-refractivity contribution in [2.45, 2.75) is 154 Å². The summed E-state index contributed by atoms with van der Waals surface area (Å²) in [6.45, 7) is 4.62. The number of carbonyl (C=O) groups excluding carboxylic acids is 2. The van der Waals surface area contributed by atoms with E-state index in [1.165, 1.54) is 77.0 Å². The number of hydrogen-bond donors (Lipinski definition) is 0. The second-order valence-electron chi connectivity index (χ2n) is 9.94. The van der Waals surface area contributed by atoms with Gasteiger partial charge in [-0.15, -0.1) is 0 Å². The zero-order valence-electron chi connectivity index (χ0n) is 24.1. The SMILES string of the molecule is CCCCCCCCCCCCOC(=O)CC(C(=O)OCCCCCCCCCCCC)S(=O)(=O)[O-].[Na+]. The largest absolute Gasteiger partial charge is 1.00 e. The van der Waals surface area contributed by atoms with Crippen LogP contribution in [0, 0.1) is 0 Å². The van der Waals surface area contributed by atoms with Gasteiger partial charge in [-0.2, -0.15) is 0 Å². The summed E-state index contributed by atoms with van der Waals surface area (Å²) in [6.07, 6.45) is 21.8. The minimum Gasteiger partial charge on any atom is -0.747 e. The molecule has 0 aliphatic carbocycles. The van der Waals surface area contributed by atoms with Crippen LogP contribution in [0.3, 0.4) is 0 Å². The number of esters is 2. The third-order valence-electron chi connectivity index (χ3n) is 6.47. The second-order valence-corrected chi connectivity index (χ2v) is 11.5. The third-order valence-corrected chi connectivity index (χ3v) is 7.52. The summed E-state index contributed by atoms with van der Waals surface area (Å²) in [6, 6.07) is 0. The number of ether oxygens (including phenoxy) is 2. The van der Waals surface area contributed by atoms with Gasteiger partial charge in [0.05, 0.1) is 19.6 Å². The van der Waals surface area contributed by atoms with Crippen molar-refractivity contribution in [2.24, 2.45) is 0 Å². The summed E-state index contributed by atoms with van der Waals surface area (Å²) in [4.78, 5) is 24.1. The predicted molar refractivity (Wildman–Crippen MR) is 144 cm³/mol. The van der Waals surface area contributed by atoms with Crippen LogP contribution in [-0.4, -0.2) is 43.4 Å². The van der Waals surface area contributed by atoms with Gasteiger partial charge in [0.2, 0.25) is 0 Å². The van der Waals surface area contributed by atoms with E-state index in [2.05, 4.69) is 13.8 Å². The molecule has 37 heavy (non-hydrogen) atoms. The van der Waals surface area contributed by atoms with Gasteiger partial charge >= 0.3 is 41.5 Å². The molecule has 9 heteroatoms. The molecule has 0 fully saturated rings. The Morgan fingerprint density at radius 3 is 1.27 bits per heavy atom. The monoisotopic (exact) mass is 556 g/mol. The molecule has 0 aromatic heterocycles. The van der Waals surface area contributed by atoms with Crippen molar-refractivity contribution in [3.05, 3.63) is 0 Å². The molecule has 0 aliphatic heterocycles. The van der Waals surface area contributed by atoms with Crippen molar-refractivity contribution in [1.82, 2.24) is 0 Å². The Morgan fingerprint density at radius 1 is 0.595 bits per heavy atom. The summed E-state index contributed by atoms with van der Waals surface area (Å²) in [7, 11) is -5.00. The molecule has 0 aliphatic rings. The van der Waals surface area contributed by atoms with Gasteiger partial charge in [0.15, 0.2) is 5.25 Å². The molecule has 0 aromatic carbocycles. The summed E-state index contributed by atoms with van der Waals surface area (Å²) >= 11 is 0. The van der Waals surface area contributed by atoms with E-state index < -0.39 is 33.7 Å². The molecule has 1 unspecified atom stereocenters. The molecular weight excluding hydrogens is 503 g/mol. The minimum absolute atomic E-state index is 0. The van der Waals surface area contributed by atoms with E-state index in [1.54, 1.807) is 0 Å². The van der Waals surface area contributed by atoms with E-state index in [0.717, 1.165) is 38.5 Å². The number of carbonyl (C=O) groups is 2. The first-order chi connectivity index (χ1) is 17.3. The van der Waals surface area contributed by atoms with E-state index in [-0.39, 0.29) is 42.8 Å². The van der Waals surface area contributed by atoms with Gasteiger partial charge in [-0.25, -0.2) is 8.42 Å². The maximum Gasteiger partial charge on any atom is 1.00 e. The zero-order valence-corrected chi connectivity index (χ0v) is 26.9. The van der Waals surface area contributed by atoms with Crippen molar-refractivity contribution in [1.29, 1.82) is 0 Å². The summed E-state index contributed by atoms with van der Waals surface area (Å²) in [5, 5.41) is -2.04.